The summed E-state index contributed by atoms with van der Waals surface area (Å²) in [5.74, 6) is 0.807. The summed E-state index contributed by atoms with van der Waals surface area (Å²) in [4.78, 5) is 10.6. The first kappa shape index (κ1) is 10.3. The van der Waals surface area contributed by atoms with Gasteiger partial charge in [0.05, 0.1) is 0 Å². The van der Waals surface area contributed by atoms with Gasteiger partial charge in [-0.15, -0.1) is 0 Å². The van der Waals surface area contributed by atoms with Gasteiger partial charge < -0.3 is 0 Å². The smallest absolute Gasteiger partial charge is 0.150 e. The van der Waals surface area contributed by atoms with E-state index in [-0.39, 0.29) is 0 Å². The SMILES string of the molecule is O=Cc1ccc(-c2ccc(C3CC3)cc2)cc1. The molecule has 0 atom stereocenters. The lowest BCUT2D eigenvalue weighted by molar-refractivity contribution is 0.112. The third kappa shape index (κ3) is 2.14. The van der Waals surface area contributed by atoms with Gasteiger partial charge in [0.15, 0.2) is 0 Å². The average molecular weight is 222 g/mol. The monoisotopic (exact) mass is 222 g/mol. The molecule has 2 aromatic rings. The van der Waals surface area contributed by atoms with Crippen LogP contribution in [0.1, 0.15) is 34.7 Å². The van der Waals surface area contributed by atoms with E-state index >= 15 is 0 Å². The highest BCUT2D eigenvalue weighted by molar-refractivity contribution is 5.76. The van der Waals surface area contributed by atoms with Crippen molar-refractivity contribution in [2.45, 2.75) is 18.8 Å². The van der Waals surface area contributed by atoms with Crippen LogP contribution in [0.5, 0.6) is 0 Å². The lowest BCUT2D eigenvalue weighted by atomic mass is 10.0. The van der Waals surface area contributed by atoms with Crippen molar-refractivity contribution in [3.8, 4) is 11.1 Å². The van der Waals surface area contributed by atoms with Gasteiger partial charge in [-0.1, -0.05) is 48.5 Å². The van der Waals surface area contributed by atoms with Gasteiger partial charge in [0.25, 0.3) is 0 Å². The van der Waals surface area contributed by atoms with Crippen LogP contribution >= 0.6 is 0 Å². The zero-order valence-corrected chi connectivity index (χ0v) is 9.60. The minimum absolute atomic E-state index is 0.725. The number of rotatable bonds is 3. The Morgan fingerprint density at radius 2 is 1.35 bits per heavy atom. The summed E-state index contributed by atoms with van der Waals surface area (Å²) in [6.45, 7) is 0. The van der Waals surface area contributed by atoms with E-state index in [0.717, 1.165) is 23.3 Å². The summed E-state index contributed by atoms with van der Waals surface area (Å²) < 4.78 is 0. The molecule has 0 N–H and O–H groups in total. The molecule has 0 spiro atoms. The van der Waals surface area contributed by atoms with Crippen molar-refractivity contribution in [2.24, 2.45) is 0 Å². The molecule has 0 bridgehead atoms. The van der Waals surface area contributed by atoms with Gasteiger partial charge in [-0.25, -0.2) is 0 Å². The van der Waals surface area contributed by atoms with Crippen LogP contribution in [0.3, 0.4) is 0 Å². The van der Waals surface area contributed by atoms with Gasteiger partial charge >= 0.3 is 0 Å². The summed E-state index contributed by atoms with van der Waals surface area (Å²) in [5, 5.41) is 0. The molecule has 84 valence electrons. The van der Waals surface area contributed by atoms with Gasteiger partial charge in [-0.3, -0.25) is 4.79 Å². The lowest BCUT2D eigenvalue weighted by Gasteiger charge is -2.03. The van der Waals surface area contributed by atoms with Crippen LogP contribution in [0, 0.1) is 0 Å². The second-order valence-corrected chi connectivity index (χ2v) is 4.64. The number of hydrogen-bond acceptors (Lipinski definition) is 1. The van der Waals surface area contributed by atoms with E-state index in [4.69, 9.17) is 0 Å². The van der Waals surface area contributed by atoms with Crippen molar-refractivity contribution in [3.05, 3.63) is 59.7 Å². The molecular formula is C16H14O. The van der Waals surface area contributed by atoms with E-state index in [2.05, 4.69) is 24.3 Å². The fraction of sp³-hybridized carbons (Fsp3) is 0.188. The standard InChI is InChI=1S/C16H14O/c17-11-12-1-3-13(4-2-12)14-5-7-15(8-6-14)16-9-10-16/h1-8,11,16H,9-10H2. The molecule has 0 aliphatic heterocycles. The third-order valence-corrected chi connectivity index (χ3v) is 3.34. The van der Waals surface area contributed by atoms with Crippen LogP contribution in [0.15, 0.2) is 48.5 Å². The molecule has 0 saturated heterocycles. The molecular weight excluding hydrogens is 208 g/mol. The molecule has 1 aliphatic carbocycles. The van der Waals surface area contributed by atoms with Crippen molar-refractivity contribution in [1.29, 1.82) is 0 Å². The lowest BCUT2D eigenvalue weighted by Crippen LogP contribution is -1.83. The molecule has 0 aromatic heterocycles. The molecule has 1 heteroatoms. The maximum atomic E-state index is 10.6. The molecule has 0 amide bonds. The highest BCUT2D eigenvalue weighted by atomic mass is 16.1. The molecule has 1 nitrogen and oxygen atoms in total. The first-order chi connectivity index (χ1) is 8.36. The van der Waals surface area contributed by atoms with E-state index in [1.54, 1.807) is 0 Å². The van der Waals surface area contributed by atoms with Gasteiger partial charge in [-0.2, -0.15) is 0 Å². The predicted molar refractivity (Wildman–Crippen MR) is 69.2 cm³/mol. The third-order valence-electron chi connectivity index (χ3n) is 3.34. The van der Waals surface area contributed by atoms with Crippen molar-refractivity contribution >= 4 is 6.29 Å². The maximum absolute atomic E-state index is 10.6. The zero-order chi connectivity index (χ0) is 11.7. The Bertz CT molecular complexity index is 518. The highest BCUT2D eigenvalue weighted by Crippen LogP contribution is 2.40. The predicted octanol–water partition coefficient (Wildman–Crippen LogP) is 4.04. The molecule has 2 aromatic carbocycles. The summed E-state index contributed by atoms with van der Waals surface area (Å²) in [6, 6.07) is 16.5. The Kier molecular flexibility index (Phi) is 2.52. The number of aldehydes is 1. The van der Waals surface area contributed by atoms with Crippen LogP contribution in [-0.2, 0) is 0 Å². The van der Waals surface area contributed by atoms with E-state index in [1.807, 2.05) is 24.3 Å². The number of carbonyl (C=O) groups excluding carboxylic acids is 1. The van der Waals surface area contributed by atoms with E-state index in [9.17, 15) is 4.79 Å². The fourth-order valence-electron chi connectivity index (χ4n) is 2.12. The first-order valence-corrected chi connectivity index (χ1v) is 6.02. The van der Waals surface area contributed by atoms with E-state index in [1.165, 1.54) is 24.0 Å². The zero-order valence-electron chi connectivity index (χ0n) is 9.60. The molecule has 1 fully saturated rings. The van der Waals surface area contributed by atoms with Crippen LogP contribution in [0.4, 0.5) is 0 Å². The Balaban J connectivity index is 1.88. The number of benzene rings is 2. The molecule has 0 unspecified atom stereocenters. The van der Waals surface area contributed by atoms with Gasteiger partial charge in [0, 0.05) is 5.56 Å². The minimum atomic E-state index is 0.725. The summed E-state index contributed by atoms with van der Waals surface area (Å²) in [7, 11) is 0. The van der Waals surface area contributed by atoms with Crippen LogP contribution in [0.2, 0.25) is 0 Å². The van der Waals surface area contributed by atoms with E-state index in [0.29, 0.717) is 0 Å². The van der Waals surface area contributed by atoms with Crippen molar-refractivity contribution in [3.63, 3.8) is 0 Å². The summed E-state index contributed by atoms with van der Waals surface area (Å²) in [5.41, 5.74) is 4.56. The maximum Gasteiger partial charge on any atom is 0.150 e. The highest BCUT2D eigenvalue weighted by Gasteiger charge is 2.22. The van der Waals surface area contributed by atoms with Crippen molar-refractivity contribution in [1.82, 2.24) is 0 Å². The Morgan fingerprint density at radius 1 is 0.824 bits per heavy atom. The van der Waals surface area contributed by atoms with Crippen LogP contribution < -0.4 is 0 Å². The Morgan fingerprint density at radius 3 is 1.82 bits per heavy atom. The Hall–Kier alpha value is -1.89. The summed E-state index contributed by atoms with van der Waals surface area (Å²) >= 11 is 0. The number of hydrogen-bond donors (Lipinski definition) is 0. The normalized spacial score (nSPS) is 14.6. The first-order valence-electron chi connectivity index (χ1n) is 6.02. The second kappa shape index (κ2) is 4.17. The summed E-state index contributed by atoms with van der Waals surface area (Å²) in [6.07, 6.45) is 3.56. The minimum Gasteiger partial charge on any atom is -0.298 e. The Labute approximate surface area is 101 Å². The molecule has 0 radical (unpaired) electrons. The van der Waals surface area contributed by atoms with Crippen LogP contribution in [-0.4, -0.2) is 6.29 Å². The van der Waals surface area contributed by atoms with Gasteiger partial charge in [0.2, 0.25) is 0 Å². The van der Waals surface area contributed by atoms with Crippen molar-refractivity contribution < 1.29 is 4.79 Å². The average Bonchev–Trinajstić information content (AvgIpc) is 3.24. The largest absolute Gasteiger partial charge is 0.298 e. The van der Waals surface area contributed by atoms with E-state index < -0.39 is 0 Å². The second-order valence-electron chi connectivity index (χ2n) is 4.64. The molecule has 17 heavy (non-hydrogen) atoms. The van der Waals surface area contributed by atoms with Gasteiger partial charge in [0.1, 0.15) is 6.29 Å². The molecule has 1 aliphatic rings. The molecule has 3 rings (SSSR count). The van der Waals surface area contributed by atoms with Gasteiger partial charge in [-0.05, 0) is 35.4 Å². The molecule has 1 saturated carbocycles. The fourth-order valence-corrected chi connectivity index (χ4v) is 2.12. The van der Waals surface area contributed by atoms with Crippen LogP contribution in [0.25, 0.3) is 11.1 Å². The molecule has 0 heterocycles. The topological polar surface area (TPSA) is 17.1 Å². The number of carbonyl (C=O) groups is 1. The quantitative estimate of drug-likeness (QED) is 0.716. The van der Waals surface area contributed by atoms with Crippen molar-refractivity contribution in [2.75, 3.05) is 0 Å².